The molecule has 4 N–H and O–H groups in total. The van der Waals surface area contributed by atoms with Crippen molar-refractivity contribution >= 4 is 23.2 Å². The Balaban J connectivity index is 2.42. The Kier molecular flexibility index (Phi) is 3.71. The number of rotatable bonds is 3. The summed E-state index contributed by atoms with van der Waals surface area (Å²) < 4.78 is 5.29. The van der Waals surface area contributed by atoms with E-state index in [2.05, 4.69) is 0 Å². The van der Waals surface area contributed by atoms with Gasteiger partial charge >= 0.3 is 0 Å². The Morgan fingerprint density at radius 3 is 2.89 bits per heavy atom. The van der Waals surface area contributed by atoms with E-state index in [0.29, 0.717) is 23.5 Å². The van der Waals surface area contributed by atoms with Crippen LogP contribution in [0.5, 0.6) is 5.75 Å². The highest BCUT2D eigenvalue weighted by molar-refractivity contribution is 6.18. The first kappa shape index (κ1) is 13.4. The topological polar surface area (TPSA) is 98.7 Å². The van der Waals surface area contributed by atoms with Gasteiger partial charge in [0.1, 0.15) is 5.75 Å². The molecule has 0 aromatic heterocycles. The van der Waals surface area contributed by atoms with Crippen LogP contribution in [0.4, 0.5) is 11.4 Å². The van der Waals surface area contributed by atoms with Crippen molar-refractivity contribution in [1.29, 1.82) is 0 Å². The molecule has 2 amide bonds. The second kappa shape index (κ2) is 5.27. The van der Waals surface area contributed by atoms with Crippen molar-refractivity contribution in [1.82, 2.24) is 0 Å². The first-order chi connectivity index (χ1) is 9.08. The quantitative estimate of drug-likeness (QED) is 0.774. The lowest BCUT2D eigenvalue weighted by Gasteiger charge is -2.30. The Bertz CT molecular complexity index is 512. The smallest absolute Gasteiger partial charge is 0.271 e. The van der Waals surface area contributed by atoms with E-state index in [4.69, 9.17) is 16.2 Å². The molecule has 0 aliphatic carbocycles. The minimum Gasteiger partial charge on any atom is -0.482 e. The molecule has 1 heterocycles. The van der Waals surface area contributed by atoms with Crippen LogP contribution in [0.25, 0.3) is 0 Å². The predicted octanol–water partition coefficient (Wildman–Crippen LogP) is 0.506. The summed E-state index contributed by atoms with van der Waals surface area (Å²) in [4.78, 5) is 25.5. The highest BCUT2D eigenvalue weighted by Gasteiger charge is 2.33. The summed E-state index contributed by atoms with van der Waals surface area (Å²) in [5.74, 6) is -0.592. The van der Waals surface area contributed by atoms with E-state index in [-0.39, 0.29) is 25.0 Å². The molecular formula is C13H17N3O3. The van der Waals surface area contributed by atoms with Crippen molar-refractivity contribution in [2.75, 3.05) is 23.8 Å². The monoisotopic (exact) mass is 263 g/mol. The number of nitrogens with two attached hydrogens (primary N) is 2. The number of anilines is 2. The van der Waals surface area contributed by atoms with Gasteiger partial charge in [-0.1, -0.05) is 6.92 Å². The van der Waals surface area contributed by atoms with E-state index < -0.39 is 5.91 Å². The second-order valence-corrected chi connectivity index (χ2v) is 4.42. The summed E-state index contributed by atoms with van der Waals surface area (Å²) in [5, 5.41) is 0. The fourth-order valence-corrected chi connectivity index (χ4v) is 2.04. The molecule has 0 radical (unpaired) electrons. The van der Waals surface area contributed by atoms with Gasteiger partial charge in [-0.05, 0) is 24.6 Å². The van der Waals surface area contributed by atoms with E-state index in [0.717, 1.165) is 4.90 Å². The van der Waals surface area contributed by atoms with Gasteiger partial charge < -0.3 is 16.2 Å². The van der Waals surface area contributed by atoms with Crippen molar-refractivity contribution < 1.29 is 14.3 Å². The fourth-order valence-electron chi connectivity index (χ4n) is 2.04. The molecule has 0 bridgehead atoms. The molecule has 0 saturated carbocycles. The predicted molar refractivity (Wildman–Crippen MR) is 71.7 cm³/mol. The molecule has 0 fully saturated rings. The van der Waals surface area contributed by atoms with Gasteiger partial charge in [-0.2, -0.15) is 0 Å². The number of carbonyl (C=O) groups is 2. The zero-order valence-corrected chi connectivity index (χ0v) is 10.8. The van der Waals surface area contributed by atoms with Crippen molar-refractivity contribution in [2.24, 2.45) is 11.7 Å². The second-order valence-electron chi connectivity index (χ2n) is 4.42. The van der Waals surface area contributed by atoms with E-state index >= 15 is 0 Å². The van der Waals surface area contributed by atoms with Crippen LogP contribution in [-0.4, -0.2) is 25.0 Å². The highest BCUT2D eigenvalue weighted by atomic mass is 16.5. The normalized spacial score (nSPS) is 15.7. The number of carbonyl (C=O) groups excluding carboxylic acids is 2. The number of hydrogen-bond acceptors (Lipinski definition) is 5. The number of amides is 2. The van der Waals surface area contributed by atoms with Crippen molar-refractivity contribution in [3.05, 3.63) is 18.2 Å². The van der Waals surface area contributed by atoms with E-state index in [9.17, 15) is 9.59 Å². The number of nitrogens with zero attached hydrogens (tertiary/aromatic N) is 1. The van der Waals surface area contributed by atoms with Crippen LogP contribution in [0, 0.1) is 5.92 Å². The number of ether oxygens (including phenoxy) is 1. The number of fused-ring (bicyclic) bond motifs is 1. The van der Waals surface area contributed by atoms with Crippen LogP contribution in [0.1, 0.15) is 13.3 Å². The van der Waals surface area contributed by atoms with Gasteiger partial charge in [-0.15, -0.1) is 0 Å². The maximum absolute atomic E-state index is 12.4. The lowest BCUT2D eigenvalue weighted by molar-refractivity contribution is -0.130. The molecule has 102 valence electrons. The van der Waals surface area contributed by atoms with Gasteiger partial charge in [-0.25, -0.2) is 4.90 Å². The molecule has 1 aliphatic rings. The maximum atomic E-state index is 12.4. The van der Waals surface area contributed by atoms with Gasteiger partial charge in [0.15, 0.2) is 6.61 Å². The van der Waals surface area contributed by atoms with Crippen LogP contribution in [0.2, 0.25) is 0 Å². The third-order valence-electron chi connectivity index (χ3n) is 3.17. The zero-order chi connectivity index (χ0) is 14.0. The SMILES string of the molecule is CCC(CN)C(=O)N1C(=O)COc2ccc(N)cc21. The molecule has 1 aliphatic heterocycles. The van der Waals surface area contributed by atoms with Gasteiger partial charge in [0.25, 0.3) is 5.91 Å². The molecular weight excluding hydrogens is 246 g/mol. The van der Waals surface area contributed by atoms with Crippen molar-refractivity contribution in [3.63, 3.8) is 0 Å². The first-order valence-electron chi connectivity index (χ1n) is 6.17. The third kappa shape index (κ3) is 2.39. The number of imide groups is 1. The molecule has 1 atom stereocenters. The summed E-state index contributed by atoms with van der Waals surface area (Å²) in [6.45, 7) is 1.92. The molecule has 6 heteroatoms. The Morgan fingerprint density at radius 2 is 2.26 bits per heavy atom. The van der Waals surface area contributed by atoms with E-state index in [1.165, 1.54) is 0 Å². The van der Waals surface area contributed by atoms with Crippen molar-refractivity contribution in [3.8, 4) is 5.75 Å². The number of benzene rings is 1. The highest BCUT2D eigenvalue weighted by Crippen LogP contribution is 2.34. The van der Waals surface area contributed by atoms with E-state index in [1.54, 1.807) is 18.2 Å². The molecule has 1 aromatic carbocycles. The van der Waals surface area contributed by atoms with Crippen LogP contribution in [-0.2, 0) is 9.59 Å². The van der Waals surface area contributed by atoms with Crippen LogP contribution in [0.15, 0.2) is 18.2 Å². The minimum atomic E-state index is -0.394. The summed E-state index contributed by atoms with van der Waals surface area (Å²) in [5.41, 5.74) is 12.1. The molecule has 6 nitrogen and oxygen atoms in total. The summed E-state index contributed by atoms with van der Waals surface area (Å²) in [7, 11) is 0. The molecule has 2 rings (SSSR count). The molecule has 0 spiro atoms. The largest absolute Gasteiger partial charge is 0.482 e. The molecule has 19 heavy (non-hydrogen) atoms. The number of hydrogen-bond donors (Lipinski definition) is 2. The average Bonchev–Trinajstić information content (AvgIpc) is 2.39. The fraction of sp³-hybridized carbons (Fsp3) is 0.385. The van der Waals surface area contributed by atoms with Crippen molar-refractivity contribution in [2.45, 2.75) is 13.3 Å². The maximum Gasteiger partial charge on any atom is 0.271 e. The third-order valence-corrected chi connectivity index (χ3v) is 3.17. The van der Waals surface area contributed by atoms with Gasteiger partial charge in [0, 0.05) is 12.2 Å². The summed E-state index contributed by atoms with van der Waals surface area (Å²) in [6, 6.07) is 4.88. The number of nitrogen functional groups attached to an aromatic ring is 1. The minimum absolute atomic E-state index is 0.149. The Hall–Kier alpha value is -2.08. The van der Waals surface area contributed by atoms with Gasteiger partial charge in [0.2, 0.25) is 5.91 Å². The summed E-state index contributed by atoms with van der Waals surface area (Å²) in [6.07, 6.45) is 0.581. The van der Waals surface area contributed by atoms with Crippen LogP contribution < -0.4 is 21.1 Å². The zero-order valence-electron chi connectivity index (χ0n) is 10.8. The Morgan fingerprint density at radius 1 is 1.53 bits per heavy atom. The van der Waals surface area contributed by atoms with Crippen LogP contribution in [0.3, 0.4) is 0 Å². The first-order valence-corrected chi connectivity index (χ1v) is 6.17. The molecule has 1 aromatic rings. The Labute approximate surface area is 111 Å². The van der Waals surface area contributed by atoms with Gasteiger partial charge in [0.05, 0.1) is 11.6 Å². The molecule has 1 unspecified atom stereocenters. The lowest BCUT2D eigenvalue weighted by atomic mass is 10.0. The van der Waals surface area contributed by atoms with E-state index in [1.807, 2.05) is 6.92 Å². The van der Waals surface area contributed by atoms with Crippen LogP contribution >= 0.6 is 0 Å². The molecule has 0 saturated heterocycles. The standard InChI is InChI=1S/C13H17N3O3/c1-2-8(6-14)13(18)16-10-5-9(15)3-4-11(10)19-7-12(16)17/h3-5,8H,2,6-7,14-15H2,1H3. The average molecular weight is 263 g/mol. The summed E-state index contributed by atoms with van der Waals surface area (Å²) >= 11 is 0. The lowest BCUT2D eigenvalue weighted by Crippen LogP contribution is -2.47. The van der Waals surface area contributed by atoms with Gasteiger partial charge in [-0.3, -0.25) is 9.59 Å².